The summed E-state index contributed by atoms with van der Waals surface area (Å²) in [6, 6.07) is 0. The summed E-state index contributed by atoms with van der Waals surface area (Å²) in [5, 5.41) is 0. The second-order valence-corrected chi connectivity index (χ2v) is 17.8. The summed E-state index contributed by atoms with van der Waals surface area (Å²) in [6.07, 6.45) is 65.9. The van der Waals surface area contributed by atoms with Gasteiger partial charge in [-0.2, -0.15) is 0 Å². The molecule has 0 N–H and O–H groups in total. The average Bonchev–Trinajstić information content (AvgIpc) is 3.29. The fourth-order valence-corrected chi connectivity index (χ4v) is 7.28. The maximum atomic E-state index is 12.8. The van der Waals surface area contributed by atoms with E-state index in [-0.39, 0.29) is 31.1 Å². The molecular formula is C58H100O6. The molecular weight excluding hydrogens is 793 g/mol. The number of hydrogen-bond donors (Lipinski definition) is 0. The number of unbranched alkanes of at least 4 members (excludes halogenated alkanes) is 25. The van der Waals surface area contributed by atoms with Gasteiger partial charge < -0.3 is 14.2 Å². The zero-order valence-corrected chi connectivity index (χ0v) is 42.0. The van der Waals surface area contributed by atoms with Gasteiger partial charge in [-0.3, -0.25) is 14.4 Å². The van der Waals surface area contributed by atoms with E-state index in [2.05, 4.69) is 93.7 Å². The van der Waals surface area contributed by atoms with Crippen molar-refractivity contribution in [2.75, 3.05) is 13.2 Å². The van der Waals surface area contributed by atoms with Gasteiger partial charge in [0.05, 0.1) is 0 Å². The molecule has 0 amide bonds. The van der Waals surface area contributed by atoms with Crippen LogP contribution in [0.3, 0.4) is 0 Å². The van der Waals surface area contributed by atoms with Crippen LogP contribution in [0.25, 0.3) is 0 Å². The number of ether oxygens (including phenoxy) is 3. The molecule has 6 nitrogen and oxygen atoms in total. The van der Waals surface area contributed by atoms with Crippen LogP contribution in [-0.4, -0.2) is 37.2 Å². The van der Waals surface area contributed by atoms with Gasteiger partial charge in [0.2, 0.25) is 0 Å². The third kappa shape index (κ3) is 49.9. The van der Waals surface area contributed by atoms with Crippen molar-refractivity contribution in [3.63, 3.8) is 0 Å². The fraction of sp³-hybridized carbons (Fsp3) is 0.741. The Balaban J connectivity index is 4.43. The minimum atomic E-state index is -0.792. The Morgan fingerprint density at radius 1 is 0.312 bits per heavy atom. The highest BCUT2D eigenvalue weighted by molar-refractivity contribution is 5.71. The molecule has 0 aliphatic heterocycles. The van der Waals surface area contributed by atoms with E-state index in [1.165, 1.54) is 96.3 Å². The van der Waals surface area contributed by atoms with Gasteiger partial charge in [-0.05, 0) is 109 Å². The molecule has 0 heterocycles. The molecule has 0 saturated heterocycles. The van der Waals surface area contributed by atoms with E-state index in [0.717, 1.165) is 122 Å². The molecule has 0 aromatic carbocycles. The highest BCUT2D eigenvalue weighted by Crippen LogP contribution is 2.14. The lowest BCUT2D eigenvalue weighted by Gasteiger charge is -2.18. The van der Waals surface area contributed by atoms with Crippen molar-refractivity contribution in [1.82, 2.24) is 0 Å². The van der Waals surface area contributed by atoms with Crippen LogP contribution in [0.4, 0.5) is 0 Å². The van der Waals surface area contributed by atoms with E-state index in [0.29, 0.717) is 19.3 Å². The van der Waals surface area contributed by atoms with E-state index in [1.54, 1.807) is 0 Å². The standard InChI is InChI=1S/C58H100O6/c1-4-7-10-13-16-19-22-25-28-29-31-33-36-39-42-45-48-51-57(60)63-54-55(53-62-56(59)50-47-44-41-38-35-32-27-24-21-18-15-12-9-6-3)64-58(61)52-49-46-43-40-37-34-30-26-23-20-17-14-11-8-5-2/h15-20,24-28,30,55H,4-14,21-23,29,31-54H2,1-3H3/b18-15+,19-16+,20-17+,27-24+,28-25+,30-26+/t55-/m1/s1. The number of esters is 3. The maximum absolute atomic E-state index is 12.8. The quantitative estimate of drug-likeness (QED) is 0.0262. The summed E-state index contributed by atoms with van der Waals surface area (Å²) in [7, 11) is 0. The van der Waals surface area contributed by atoms with Gasteiger partial charge in [-0.25, -0.2) is 0 Å². The molecule has 0 radical (unpaired) electrons. The van der Waals surface area contributed by atoms with Gasteiger partial charge in [-0.15, -0.1) is 0 Å². The van der Waals surface area contributed by atoms with Crippen LogP contribution in [0.2, 0.25) is 0 Å². The monoisotopic (exact) mass is 893 g/mol. The zero-order chi connectivity index (χ0) is 46.5. The first-order valence-electron chi connectivity index (χ1n) is 26.9. The van der Waals surface area contributed by atoms with Crippen LogP contribution in [0.5, 0.6) is 0 Å². The molecule has 0 aromatic rings. The van der Waals surface area contributed by atoms with Crippen molar-refractivity contribution >= 4 is 17.9 Å². The Hall–Kier alpha value is -3.15. The second-order valence-electron chi connectivity index (χ2n) is 17.8. The van der Waals surface area contributed by atoms with Crippen LogP contribution in [0.1, 0.15) is 258 Å². The second kappa shape index (κ2) is 52.5. The lowest BCUT2D eigenvalue weighted by Crippen LogP contribution is -2.30. The van der Waals surface area contributed by atoms with Gasteiger partial charge >= 0.3 is 17.9 Å². The molecule has 64 heavy (non-hydrogen) atoms. The molecule has 0 aliphatic rings. The fourth-order valence-electron chi connectivity index (χ4n) is 7.28. The molecule has 6 heteroatoms. The summed E-state index contributed by atoms with van der Waals surface area (Å²) in [5.74, 6) is -0.922. The molecule has 0 spiro atoms. The molecule has 0 aliphatic carbocycles. The minimum absolute atomic E-state index is 0.0900. The lowest BCUT2D eigenvalue weighted by atomic mass is 10.1. The highest BCUT2D eigenvalue weighted by Gasteiger charge is 2.19. The first-order valence-corrected chi connectivity index (χ1v) is 26.9. The van der Waals surface area contributed by atoms with Crippen LogP contribution in [0, 0.1) is 0 Å². The van der Waals surface area contributed by atoms with E-state index < -0.39 is 6.10 Å². The van der Waals surface area contributed by atoms with Crippen LogP contribution in [-0.2, 0) is 28.6 Å². The summed E-state index contributed by atoms with van der Waals surface area (Å²) >= 11 is 0. The number of hydrogen-bond acceptors (Lipinski definition) is 6. The Morgan fingerprint density at radius 3 is 0.906 bits per heavy atom. The molecule has 368 valence electrons. The van der Waals surface area contributed by atoms with Crippen molar-refractivity contribution in [3.05, 3.63) is 72.9 Å². The third-order valence-corrected chi connectivity index (χ3v) is 11.4. The largest absolute Gasteiger partial charge is 0.462 e. The molecule has 0 saturated carbocycles. The third-order valence-electron chi connectivity index (χ3n) is 11.4. The Bertz CT molecular complexity index is 1210. The Kier molecular flexibility index (Phi) is 49.9. The molecule has 0 aromatic heterocycles. The number of carbonyl (C=O) groups is 3. The Morgan fingerprint density at radius 2 is 0.578 bits per heavy atom. The van der Waals surface area contributed by atoms with E-state index >= 15 is 0 Å². The molecule has 0 bridgehead atoms. The van der Waals surface area contributed by atoms with Gasteiger partial charge in [0, 0.05) is 19.3 Å². The SMILES string of the molecule is CCCC/C=C/C/C=C/CCCCCCCC(=O)OC[C@H](COC(=O)CCCCCCCCC/C=C/C/C=C/CCCCC)OC(=O)CCCCCCC/C=C/C/C=C/CCCCC. The molecule has 0 unspecified atom stereocenters. The molecule has 1 atom stereocenters. The lowest BCUT2D eigenvalue weighted by molar-refractivity contribution is -0.167. The summed E-state index contributed by atoms with van der Waals surface area (Å²) in [4.78, 5) is 38.0. The van der Waals surface area contributed by atoms with E-state index in [9.17, 15) is 14.4 Å². The van der Waals surface area contributed by atoms with Gasteiger partial charge in [0.25, 0.3) is 0 Å². The summed E-state index contributed by atoms with van der Waals surface area (Å²) < 4.78 is 16.8. The Labute approximate surface area is 395 Å². The van der Waals surface area contributed by atoms with Gasteiger partial charge in [-0.1, -0.05) is 203 Å². The topological polar surface area (TPSA) is 78.9 Å². The predicted octanol–water partition coefficient (Wildman–Crippen LogP) is 17.8. The van der Waals surface area contributed by atoms with Crippen molar-refractivity contribution in [3.8, 4) is 0 Å². The van der Waals surface area contributed by atoms with Crippen molar-refractivity contribution in [1.29, 1.82) is 0 Å². The first-order chi connectivity index (χ1) is 31.5. The number of rotatable bonds is 48. The number of allylic oxidation sites excluding steroid dienone is 12. The van der Waals surface area contributed by atoms with Crippen LogP contribution in [0.15, 0.2) is 72.9 Å². The van der Waals surface area contributed by atoms with Crippen LogP contribution >= 0.6 is 0 Å². The summed E-state index contributed by atoms with van der Waals surface area (Å²) in [6.45, 7) is 6.52. The molecule has 0 rings (SSSR count). The van der Waals surface area contributed by atoms with E-state index in [1.807, 2.05) is 0 Å². The van der Waals surface area contributed by atoms with Gasteiger partial charge in [0.1, 0.15) is 13.2 Å². The van der Waals surface area contributed by atoms with Crippen molar-refractivity contribution in [2.45, 2.75) is 264 Å². The smallest absolute Gasteiger partial charge is 0.306 e. The average molecular weight is 893 g/mol. The van der Waals surface area contributed by atoms with Gasteiger partial charge in [0.15, 0.2) is 6.10 Å². The number of carbonyl (C=O) groups excluding carboxylic acids is 3. The van der Waals surface area contributed by atoms with Crippen molar-refractivity contribution < 1.29 is 28.6 Å². The van der Waals surface area contributed by atoms with E-state index in [4.69, 9.17) is 14.2 Å². The predicted molar refractivity (Wildman–Crippen MR) is 274 cm³/mol. The highest BCUT2D eigenvalue weighted by atomic mass is 16.6. The molecule has 0 fully saturated rings. The van der Waals surface area contributed by atoms with Crippen LogP contribution < -0.4 is 0 Å². The first kappa shape index (κ1) is 60.9. The van der Waals surface area contributed by atoms with Crippen molar-refractivity contribution in [2.24, 2.45) is 0 Å². The normalized spacial score (nSPS) is 12.6. The maximum Gasteiger partial charge on any atom is 0.306 e. The minimum Gasteiger partial charge on any atom is -0.462 e. The zero-order valence-electron chi connectivity index (χ0n) is 42.0. The summed E-state index contributed by atoms with van der Waals surface area (Å²) in [5.41, 5.74) is 0.